The average molecular weight is 253 g/mol. The maximum atomic E-state index is 11.1. The Hall–Kier alpha value is -1.06. The van der Waals surface area contributed by atoms with Gasteiger partial charge in [-0.25, -0.2) is 0 Å². The first-order valence-corrected chi connectivity index (χ1v) is 6.16. The zero-order valence-corrected chi connectivity index (χ0v) is 10.9. The Bertz CT molecular complexity index is 420. The minimum absolute atomic E-state index is 0.533. The zero-order valence-electron chi connectivity index (χ0n) is 10.2. The van der Waals surface area contributed by atoms with E-state index in [0.29, 0.717) is 16.6 Å². The largest absolute Gasteiger partial charge is 0.368 e. The lowest BCUT2D eigenvalue weighted by molar-refractivity contribution is 0.112. The monoisotopic (exact) mass is 252 g/mol. The fourth-order valence-electron chi connectivity index (χ4n) is 2.33. The summed E-state index contributed by atoms with van der Waals surface area (Å²) in [5.74, 6) is 0. The van der Waals surface area contributed by atoms with Crippen LogP contribution < -0.4 is 4.90 Å². The molecule has 0 amide bonds. The summed E-state index contributed by atoms with van der Waals surface area (Å²) in [5.41, 5.74) is 1.56. The molecule has 0 N–H and O–H groups in total. The number of anilines is 1. The predicted octanol–water partition coefficient (Wildman–Crippen LogP) is 2.29. The SMILES string of the molecule is CN(C)C1CCN(c2c(Cl)cccc2C=O)C1. The van der Waals surface area contributed by atoms with Crippen molar-refractivity contribution in [1.82, 2.24) is 4.90 Å². The van der Waals surface area contributed by atoms with Crippen LogP contribution in [0.25, 0.3) is 0 Å². The Kier molecular flexibility index (Phi) is 3.69. The maximum Gasteiger partial charge on any atom is 0.152 e. The molecule has 1 unspecified atom stereocenters. The van der Waals surface area contributed by atoms with Gasteiger partial charge in [-0.2, -0.15) is 0 Å². The van der Waals surface area contributed by atoms with Gasteiger partial charge >= 0.3 is 0 Å². The van der Waals surface area contributed by atoms with Crippen molar-refractivity contribution in [2.24, 2.45) is 0 Å². The lowest BCUT2D eigenvalue weighted by Gasteiger charge is -2.23. The van der Waals surface area contributed by atoms with Gasteiger partial charge in [0.1, 0.15) is 0 Å². The van der Waals surface area contributed by atoms with E-state index in [1.54, 1.807) is 0 Å². The van der Waals surface area contributed by atoms with E-state index in [1.807, 2.05) is 18.2 Å². The molecule has 1 fully saturated rings. The number of likely N-dealkylation sites (N-methyl/N-ethyl adjacent to an activating group) is 1. The van der Waals surface area contributed by atoms with Gasteiger partial charge in [-0.1, -0.05) is 17.7 Å². The van der Waals surface area contributed by atoms with Gasteiger partial charge in [0.25, 0.3) is 0 Å². The van der Waals surface area contributed by atoms with Crippen LogP contribution in [0.1, 0.15) is 16.8 Å². The van der Waals surface area contributed by atoms with Gasteiger partial charge in [0.05, 0.1) is 10.7 Å². The molecule has 0 aliphatic carbocycles. The first kappa shape index (κ1) is 12.4. The highest BCUT2D eigenvalue weighted by Gasteiger charge is 2.26. The van der Waals surface area contributed by atoms with E-state index in [-0.39, 0.29) is 0 Å². The van der Waals surface area contributed by atoms with Crippen LogP contribution in [0.15, 0.2) is 18.2 Å². The molecular formula is C13H17ClN2O. The third kappa shape index (κ3) is 2.45. The van der Waals surface area contributed by atoms with Crippen LogP contribution in [0, 0.1) is 0 Å². The van der Waals surface area contributed by atoms with Crippen molar-refractivity contribution in [3.63, 3.8) is 0 Å². The predicted molar refractivity (Wildman–Crippen MR) is 71.1 cm³/mol. The van der Waals surface area contributed by atoms with Gasteiger partial charge in [0.2, 0.25) is 0 Å². The van der Waals surface area contributed by atoms with Gasteiger partial charge in [-0.05, 0) is 32.6 Å². The standard InChI is InChI=1S/C13H17ClN2O/c1-15(2)11-6-7-16(8-11)13-10(9-17)4-3-5-12(13)14/h3-5,9,11H,6-8H2,1-2H3. The summed E-state index contributed by atoms with van der Waals surface area (Å²) >= 11 is 6.20. The zero-order chi connectivity index (χ0) is 12.4. The van der Waals surface area contributed by atoms with E-state index in [2.05, 4.69) is 23.9 Å². The third-order valence-corrected chi connectivity index (χ3v) is 3.66. The molecule has 3 nitrogen and oxygen atoms in total. The molecule has 1 aromatic rings. The second kappa shape index (κ2) is 5.07. The van der Waals surface area contributed by atoms with E-state index < -0.39 is 0 Å². The van der Waals surface area contributed by atoms with Crippen LogP contribution in [0.4, 0.5) is 5.69 Å². The third-order valence-electron chi connectivity index (χ3n) is 3.35. The Balaban J connectivity index is 2.27. The van der Waals surface area contributed by atoms with Crippen LogP contribution in [0.2, 0.25) is 5.02 Å². The lowest BCUT2D eigenvalue weighted by Crippen LogP contribution is -2.31. The molecule has 1 atom stereocenters. The fraction of sp³-hybridized carbons (Fsp3) is 0.462. The van der Waals surface area contributed by atoms with Gasteiger partial charge in [0.15, 0.2) is 6.29 Å². The van der Waals surface area contributed by atoms with Crippen molar-refractivity contribution in [3.05, 3.63) is 28.8 Å². The Morgan fingerprint density at radius 2 is 2.24 bits per heavy atom. The highest BCUT2D eigenvalue weighted by molar-refractivity contribution is 6.33. The first-order valence-electron chi connectivity index (χ1n) is 5.78. The highest BCUT2D eigenvalue weighted by atomic mass is 35.5. The molecule has 17 heavy (non-hydrogen) atoms. The summed E-state index contributed by atoms with van der Waals surface area (Å²) in [6.45, 7) is 1.88. The summed E-state index contributed by atoms with van der Waals surface area (Å²) in [4.78, 5) is 15.5. The molecule has 0 spiro atoms. The number of hydrogen-bond acceptors (Lipinski definition) is 3. The molecule has 92 valence electrons. The highest BCUT2D eigenvalue weighted by Crippen LogP contribution is 2.32. The molecule has 4 heteroatoms. The minimum atomic E-state index is 0.533. The number of halogens is 1. The van der Waals surface area contributed by atoms with Crippen molar-refractivity contribution in [3.8, 4) is 0 Å². The van der Waals surface area contributed by atoms with Crippen molar-refractivity contribution in [2.75, 3.05) is 32.1 Å². The number of aldehydes is 1. The molecule has 1 saturated heterocycles. The lowest BCUT2D eigenvalue weighted by atomic mass is 10.2. The van der Waals surface area contributed by atoms with Gasteiger partial charge in [-0.15, -0.1) is 0 Å². The van der Waals surface area contributed by atoms with Gasteiger partial charge in [0, 0.05) is 24.7 Å². The summed E-state index contributed by atoms with van der Waals surface area (Å²) in [5, 5.41) is 0.661. The molecular weight excluding hydrogens is 236 g/mol. The number of para-hydroxylation sites is 1. The normalized spacial score (nSPS) is 20.0. The number of hydrogen-bond donors (Lipinski definition) is 0. The topological polar surface area (TPSA) is 23.6 Å². The second-order valence-corrected chi connectivity index (χ2v) is 5.05. The summed E-state index contributed by atoms with van der Waals surface area (Å²) < 4.78 is 0. The van der Waals surface area contributed by atoms with Crippen molar-refractivity contribution in [2.45, 2.75) is 12.5 Å². The maximum absolute atomic E-state index is 11.1. The number of rotatable bonds is 3. The molecule has 0 bridgehead atoms. The van der Waals surface area contributed by atoms with Gasteiger partial charge < -0.3 is 9.80 Å². The van der Waals surface area contributed by atoms with Gasteiger partial charge in [-0.3, -0.25) is 4.79 Å². The molecule has 0 saturated carbocycles. The average Bonchev–Trinajstić information content (AvgIpc) is 2.77. The van der Waals surface area contributed by atoms with Crippen LogP contribution in [0.3, 0.4) is 0 Å². The van der Waals surface area contributed by atoms with Crippen LogP contribution >= 0.6 is 11.6 Å². The van der Waals surface area contributed by atoms with E-state index in [4.69, 9.17) is 11.6 Å². The van der Waals surface area contributed by atoms with E-state index in [1.165, 1.54) is 0 Å². The fourth-order valence-corrected chi connectivity index (χ4v) is 2.63. The Morgan fingerprint density at radius 3 is 2.82 bits per heavy atom. The molecule has 0 aromatic heterocycles. The Morgan fingerprint density at radius 1 is 1.47 bits per heavy atom. The van der Waals surface area contributed by atoms with E-state index in [9.17, 15) is 4.79 Å². The Labute approximate surface area is 107 Å². The summed E-state index contributed by atoms with van der Waals surface area (Å²) in [6.07, 6.45) is 1.99. The number of benzene rings is 1. The van der Waals surface area contributed by atoms with Crippen molar-refractivity contribution in [1.29, 1.82) is 0 Å². The van der Waals surface area contributed by atoms with Crippen molar-refractivity contribution >= 4 is 23.6 Å². The molecule has 2 rings (SSSR count). The minimum Gasteiger partial charge on any atom is -0.368 e. The van der Waals surface area contributed by atoms with E-state index >= 15 is 0 Å². The first-order chi connectivity index (χ1) is 8.13. The molecule has 1 aliphatic heterocycles. The molecule has 1 aliphatic rings. The van der Waals surface area contributed by atoms with E-state index in [0.717, 1.165) is 31.5 Å². The quantitative estimate of drug-likeness (QED) is 0.772. The van der Waals surface area contributed by atoms with Crippen LogP contribution in [-0.4, -0.2) is 44.4 Å². The molecule has 1 aromatic carbocycles. The number of nitrogens with zero attached hydrogens (tertiary/aromatic N) is 2. The number of carbonyl (C=O) groups excluding carboxylic acids is 1. The smallest absolute Gasteiger partial charge is 0.152 e. The molecule has 1 heterocycles. The summed E-state index contributed by atoms with van der Waals surface area (Å²) in [7, 11) is 4.17. The summed E-state index contributed by atoms with van der Waals surface area (Å²) in [6, 6.07) is 6.00. The second-order valence-electron chi connectivity index (χ2n) is 4.65. The number of carbonyl (C=O) groups is 1. The van der Waals surface area contributed by atoms with Crippen molar-refractivity contribution < 1.29 is 4.79 Å². The molecule has 0 radical (unpaired) electrons. The van der Waals surface area contributed by atoms with Crippen LogP contribution in [0.5, 0.6) is 0 Å². The van der Waals surface area contributed by atoms with Crippen LogP contribution in [-0.2, 0) is 0 Å².